The van der Waals surface area contributed by atoms with E-state index in [1.54, 1.807) is 0 Å². The number of aromatic nitrogens is 2. The molecule has 2 saturated carbocycles. The van der Waals surface area contributed by atoms with Crippen LogP contribution in [-0.2, 0) is 13.0 Å². The summed E-state index contributed by atoms with van der Waals surface area (Å²) in [7, 11) is 0. The molecule has 1 aromatic heterocycles. The standard InChI is InChI=1S/C27H32N4O/c32-27(21-11-10-19-12-13-31(16-18-8-9-18)17-22(19)14-21)28-23-5-3-4-20(15-23)26-29-24-6-1-2-7-25(24)30-26/h1-2,6-7,10-11,14,18,20,23H,3-5,8-9,12-13,15-17H2,(H,28,32)(H,29,30). The minimum absolute atomic E-state index is 0.0716. The minimum Gasteiger partial charge on any atom is -0.349 e. The fourth-order valence-electron chi connectivity index (χ4n) is 5.58. The Labute approximate surface area is 189 Å². The number of fused-ring (bicyclic) bond motifs is 2. The van der Waals surface area contributed by atoms with Crippen LogP contribution in [-0.4, -0.2) is 39.9 Å². The first-order valence-corrected chi connectivity index (χ1v) is 12.3. The van der Waals surface area contributed by atoms with Crippen LogP contribution in [0.4, 0.5) is 0 Å². The van der Waals surface area contributed by atoms with Gasteiger partial charge in [-0.2, -0.15) is 0 Å². The van der Waals surface area contributed by atoms with Gasteiger partial charge in [-0.15, -0.1) is 0 Å². The molecule has 6 rings (SSSR count). The van der Waals surface area contributed by atoms with Crippen LogP contribution in [0.5, 0.6) is 0 Å². The molecule has 32 heavy (non-hydrogen) atoms. The summed E-state index contributed by atoms with van der Waals surface area (Å²) in [5, 5.41) is 3.33. The van der Waals surface area contributed by atoms with Gasteiger partial charge in [-0.3, -0.25) is 9.69 Å². The Morgan fingerprint density at radius 3 is 2.88 bits per heavy atom. The first kappa shape index (κ1) is 20.0. The number of aromatic amines is 1. The molecule has 2 aromatic carbocycles. The lowest BCUT2D eigenvalue weighted by atomic mass is 9.85. The summed E-state index contributed by atoms with van der Waals surface area (Å²) >= 11 is 0. The molecule has 5 nitrogen and oxygen atoms in total. The summed E-state index contributed by atoms with van der Waals surface area (Å²) in [6.45, 7) is 3.37. The number of para-hydroxylation sites is 2. The van der Waals surface area contributed by atoms with E-state index in [0.29, 0.717) is 5.92 Å². The van der Waals surface area contributed by atoms with Crippen molar-refractivity contribution in [3.63, 3.8) is 0 Å². The Balaban J connectivity index is 1.12. The second-order valence-electron chi connectivity index (χ2n) is 10.1. The van der Waals surface area contributed by atoms with Gasteiger partial charge in [0, 0.05) is 37.2 Å². The summed E-state index contributed by atoms with van der Waals surface area (Å²) in [4.78, 5) is 24.0. The number of nitrogens with one attached hydrogen (secondary N) is 2. The molecule has 1 amide bonds. The number of nitrogens with zero attached hydrogens (tertiary/aromatic N) is 2. The smallest absolute Gasteiger partial charge is 0.251 e. The first-order chi connectivity index (χ1) is 15.7. The lowest BCUT2D eigenvalue weighted by Crippen LogP contribution is -2.38. The van der Waals surface area contributed by atoms with Crippen molar-refractivity contribution in [3.05, 3.63) is 65.0 Å². The molecule has 2 fully saturated rings. The zero-order chi connectivity index (χ0) is 21.5. The zero-order valence-electron chi connectivity index (χ0n) is 18.6. The molecule has 2 N–H and O–H groups in total. The topological polar surface area (TPSA) is 61.0 Å². The van der Waals surface area contributed by atoms with Crippen LogP contribution in [0, 0.1) is 5.92 Å². The van der Waals surface area contributed by atoms with Crippen molar-refractivity contribution in [1.82, 2.24) is 20.2 Å². The van der Waals surface area contributed by atoms with Crippen molar-refractivity contribution in [1.29, 1.82) is 0 Å². The van der Waals surface area contributed by atoms with E-state index in [4.69, 9.17) is 4.98 Å². The third kappa shape index (κ3) is 4.18. The van der Waals surface area contributed by atoms with E-state index in [-0.39, 0.29) is 11.9 Å². The average Bonchev–Trinajstić information content (AvgIpc) is 3.52. The van der Waals surface area contributed by atoms with Crippen molar-refractivity contribution < 1.29 is 4.79 Å². The highest BCUT2D eigenvalue weighted by molar-refractivity contribution is 5.94. The third-order valence-electron chi connectivity index (χ3n) is 7.58. The number of amides is 1. The third-order valence-corrected chi connectivity index (χ3v) is 7.58. The van der Waals surface area contributed by atoms with Gasteiger partial charge in [0.1, 0.15) is 5.82 Å². The van der Waals surface area contributed by atoms with Gasteiger partial charge in [-0.1, -0.05) is 24.6 Å². The quantitative estimate of drug-likeness (QED) is 0.614. The maximum Gasteiger partial charge on any atom is 0.251 e. The summed E-state index contributed by atoms with van der Waals surface area (Å²) in [6, 6.07) is 14.7. The summed E-state index contributed by atoms with van der Waals surface area (Å²) in [5.74, 6) is 2.42. The summed E-state index contributed by atoms with van der Waals surface area (Å²) in [6.07, 6.45) is 8.12. The van der Waals surface area contributed by atoms with Crippen molar-refractivity contribution >= 4 is 16.9 Å². The normalized spacial score (nSPS) is 23.8. The molecule has 0 bridgehead atoms. The van der Waals surface area contributed by atoms with Crippen molar-refractivity contribution in [3.8, 4) is 0 Å². The minimum atomic E-state index is 0.0716. The zero-order valence-corrected chi connectivity index (χ0v) is 18.6. The van der Waals surface area contributed by atoms with Crippen molar-refractivity contribution in [2.75, 3.05) is 13.1 Å². The molecule has 2 heterocycles. The maximum atomic E-state index is 13.1. The van der Waals surface area contributed by atoms with Crippen LogP contribution in [0.25, 0.3) is 11.0 Å². The molecule has 2 atom stereocenters. The van der Waals surface area contributed by atoms with E-state index < -0.39 is 0 Å². The van der Waals surface area contributed by atoms with Gasteiger partial charge in [0.2, 0.25) is 0 Å². The Kier molecular flexibility index (Phi) is 5.22. The van der Waals surface area contributed by atoms with Crippen molar-refractivity contribution in [2.45, 2.75) is 63.5 Å². The van der Waals surface area contributed by atoms with Crippen LogP contribution in [0.2, 0.25) is 0 Å². The molecular formula is C27H32N4O. The predicted octanol–water partition coefficient (Wildman–Crippen LogP) is 4.79. The van der Waals surface area contributed by atoms with Crippen LogP contribution >= 0.6 is 0 Å². The van der Waals surface area contributed by atoms with Crippen LogP contribution in [0.1, 0.15) is 71.8 Å². The van der Waals surface area contributed by atoms with E-state index in [2.05, 4.69) is 39.5 Å². The molecule has 2 aliphatic carbocycles. The molecule has 5 heteroatoms. The van der Waals surface area contributed by atoms with Crippen molar-refractivity contribution in [2.24, 2.45) is 5.92 Å². The van der Waals surface area contributed by atoms with Gasteiger partial charge in [-0.25, -0.2) is 4.98 Å². The molecular weight excluding hydrogens is 396 g/mol. The van der Waals surface area contributed by atoms with E-state index >= 15 is 0 Å². The molecule has 0 radical (unpaired) electrons. The molecule has 2 unspecified atom stereocenters. The van der Waals surface area contributed by atoms with Gasteiger partial charge < -0.3 is 10.3 Å². The lowest BCUT2D eigenvalue weighted by molar-refractivity contribution is 0.0924. The SMILES string of the molecule is O=C(NC1CCCC(c2nc3ccccc3[nH]2)C1)c1ccc2c(c1)CN(CC1CC1)CC2. The number of benzene rings is 2. The summed E-state index contributed by atoms with van der Waals surface area (Å²) in [5.41, 5.74) is 5.68. The predicted molar refractivity (Wildman–Crippen MR) is 127 cm³/mol. The number of hydrogen-bond donors (Lipinski definition) is 2. The largest absolute Gasteiger partial charge is 0.349 e. The van der Waals surface area contributed by atoms with Gasteiger partial charge in [0.05, 0.1) is 11.0 Å². The summed E-state index contributed by atoms with van der Waals surface area (Å²) < 4.78 is 0. The van der Waals surface area contributed by atoms with E-state index in [0.717, 1.165) is 73.5 Å². The monoisotopic (exact) mass is 428 g/mol. The molecule has 0 spiro atoms. The van der Waals surface area contributed by atoms with Crippen LogP contribution < -0.4 is 5.32 Å². The van der Waals surface area contributed by atoms with Crippen LogP contribution in [0.15, 0.2) is 42.5 Å². The molecule has 3 aliphatic rings. The number of rotatable bonds is 5. The fourth-order valence-corrected chi connectivity index (χ4v) is 5.58. The highest BCUT2D eigenvalue weighted by Crippen LogP contribution is 2.33. The number of carbonyl (C=O) groups is 1. The molecule has 0 saturated heterocycles. The number of H-pyrrole nitrogens is 1. The second-order valence-corrected chi connectivity index (χ2v) is 10.1. The van der Waals surface area contributed by atoms with Gasteiger partial charge in [0.25, 0.3) is 5.91 Å². The molecule has 3 aromatic rings. The van der Waals surface area contributed by atoms with Crippen LogP contribution in [0.3, 0.4) is 0 Å². The van der Waals surface area contributed by atoms with E-state index in [9.17, 15) is 4.79 Å². The first-order valence-electron chi connectivity index (χ1n) is 12.3. The maximum absolute atomic E-state index is 13.1. The van der Waals surface area contributed by atoms with Gasteiger partial charge >= 0.3 is 0 Å². The van der Waals surface area contributed by atoms with E-state index in [1.807, 2.05) is 18.2 Å². The number of hydrogen-bond acceptors (Lipinski definition) is 3. The highest BCUT2D eigenvalue weighted by atomic mass is 16.1. The Morgan fingerprint density at radius 1 is 1.09 bits per heavy atom. The average molecular weight is 429 g/mol. The number of carbonyl (C=O) groups excluding carboxylic acids is 1. The highest BCUT2D eigenvalue weighted by Gasteiger charge is 2.28. The second kappa shape index (κ2) is 8.36. The van der Waals surface area contributed by atoms with Gasteiger partial charge in [-0.05, 0) is 79.8 Å². The Morgan fingerprint density at radius 2 is 2.00 bits per heavy atom. The Hall–Kier alpha value is -2.66. The molecule has 1 aliphatic heterocycles. The fraction of sp³-hybridized carbons (Fsp3) is 0.481. The Bertz CT molecular complexity index is 1100. The van der Waals surface area contributed by atoms with E-state index in [1.165, 1.54) is 30.5 Å². The number of imidazole rings is 1. The molecule has 166 valence electrons. The lowest BCUT2D eigenvalue weighted by Gasteiger charge is -2.30. The van der Waals surface area contributed by atoms with Gasteiger partial charge in [0.15, 0.2) is 0 Å².